The molecular weight excluding hydrogens is 188 g/mol. The highest BCUT2D eigenvalue weighted by atomic mass is 16.1. The molecule has 0 bridgehead atoms. The zero-order valence-corrected chi connectivity index (χ0v) is 8.77. The molecule has 0 aliphatic rings. The number of aldehydes is 1. The molecule has 0 N–H and O–H groups in total. The zero-order valence-electron chi connectivity index (χ0n) is 8.77. The van der Waals surface area contributed by atoms with Gasteiger partial charge in [-0.25, -0.2) is 0 Å². The normalized spacial score (nSPS) is 10.3. The Kier molecular flexibility index (Phi) is 2.37. The fourth-order valence-electron chi connectivity index (χ4n) is 1.61. The highest BCUT2D eigenvalue weighted by Gasteiger charge is 2.03. The van der Waals surface area contributed by atoms with E-state index in [2.05, 4.69) is 4.98 Å². The van der Waals surface area contributed by atoms with Crippen molar-refractivity contribution in [3.8, 4) is 0 Å². The molecule has 0 radical (unpaired) electrons. The Morgan fingerprint density at radius 1 is 1.27 bits per heavy atom. The number of rotatable bonds is 2. The van der Waals surface area contributed by atoms with Crippen LogP contribution in [0.2, 0.25) is 0 Å². The molecule has 2 rings (SSSR count). The van der Waals surface area contributed by atoms with E-state index in [9.17, 15) is 4.79 Å². The molecule has 0 fully saturated rings. The molecule has 0 unspecified atom stereocenters. The Hall–Kier alpha value is -1.90. The molecular formula is C12H12N2O. The summed E-state index contributed by atoms with van der Waals surface area (Å²) in [6, 6.07) is 7.50. The smallest absolute Gasteiger partial charge is 0.150 e. The van der Waals surface area contributed by atoms with Crippen molar-refractivity contribution in [1.82, 2.24) is 4.98 Å². The average Bonchev–Trinajstić information content (AvgIpc) is 2.27. The lowest BCUT2D eigenvalue weighted by Gasteiger charge is -2.14. The molecule has 1 aromatic heterocycles. The van der Waals surface area contributed by atoms with Crippen molar-refractivity contribution in [2.45, 2.75) is 0 Å². The molecule has 2 aromatic rings. The molecule has 0 atom stereocenters. The molecule has 3 heteroatoms. The van der Waals surface area contributed by atoms with Crippen LogP contribution < -0.4 is 4.90 Å². The van der Waals surface area contributed by atoms with Gasteiger partial charge in [-0.3, -0.25) is 9.78 Å². The molecule has 0 saturated carbocycles. The van der Waals surface area contributed by atoms with Crippen molar-refractivity contribution in [2.75, 3.05) is 19.0 Å². The van der Waals surface area contributed by atoms with Crippen LogP contribution >= 0.6 is 0 Å². The van der Waals surface area contributed by atoms with Crippen LogP contribution in [0.1, 0.15) is 10.4 Å². The standard InChI is InChI=1S/C12H12N2O/c1-14(2)12-5-6-13-11-7-9(8-15)3-4-10(11)12/h3-8H,1-2H3. The number of anilines is 1. The van der Waals surface area contributed by atoms with Crippen molar-refractivity contribution >= 4 is 22.9 Å². The molecule has 1 aromatic carbocycles. The van der Waals surface area contributed by atoms with Crippen LogP contribution in [0, 0.1) is 0 Å². The molecule has 1 heterocycles. The average molecular weight is 200 g/mol. The second-order valence-electron chi connectivity index (χ2n) is 3.62. The minimum absolute atomic E-state index is 0.658. The maximum absolute atomic E-state index is 10.6. The topological polar surface area (TPSA) is 33.2 Å². The predicted molar refractivity (Wildman–Crippen MR) is 61.5 cm³/mol. The lowest BCUT2D eigenvalue weighted by atomic mass is 10.1. The van der Waals surface area contributed by atoms with E-state index in [1.54, 1.807) is 12.3 Å². The Morgan fingerprint density at radius 3 is 2.73 bits per heavy atom. The number of hydrogen-bond acceptors (Lipinski definition) is 3. The molecule has 3 nitrogen and oxygen atoms in total. The minimum Gasteiger partial charge on any atom is -0.377 e. The van der Waals surface area contributed by atoms with E-state index in [-0.39, 0.29) is 0 Å². The van der Waals surface area contributed by atoms with Crippen LogP contribution in [0.5, 0.6) is 0 Å². The molecule has 15 heavy (non-hydrogen) atoms. The molecule has 0 aliphatic carbocycles. The van der Waals surface area contributed by atoms with Gasteiger partial charge in [0.2, 0.25) is 0 Å². The first-order valence-electron chi connectivity index (χ1n) is 4.73. The van der Waals surface area contributed by atoms with Crippen LogP contribution in [0.3, 0.4) is 0 Å². The second kappa shape index (κ2) is 3.69. The van der Waals surface area contributed by atoms with E-state index < -0.39 is 0 Å². The van der Waals surface area contributed by atoms with E-state index in [1.807, 2.05) is 37.2 Å². The summed E-state index contributed by atoms with van der Waals surface area (Å²) in [5.74, 6) is 0. The van der Waals surface area contributed by atoms with Gasteiger partial charge in [0.05, 0.1) is 5.52 Å². The maximum atomic E-state index is 10.6. The first kappa shape index (κ1) is 9.65. The van der Waals surface area contributed by atoms with Gasteiger partial charge in [-0.15, -0.1) is 0 Å². The van der Waals surface area contributed by atoms with Crippen LogP contribution in [-0.4, -0.2) is 25.4 Å². The Balaban J connectivity index is 2.72. The van der Waals surface area contributed by atoms with Crippen LogP contribution in [0.4, 0.5) is 5.69 Å². The van der Waals surface area contributed by atoms with Crippen molar-refractivity contribution in [1.29, 1.82) is 0 Å². The van der Waals surface area contributed by atoms with Gasteiger partial charge >= 0.3 is 0 Å². The van der Waals surface area contributed by atoms with E-state index in [0.29, 0.717) is 5.56 Å². The molecule has 0 saturated heterocycles. The summed E-state index contributed by atoms with van der Waals surface area (Å²) in [5.41, 5.74) is 2.62. The van der Waals surface area contributed by atoms with Gasteiger partial charge < -0.3 is 4.90 Å². The van der Waals surface area contributed by atoms with Gasteiger partial charge in [0.25, 0.3) is 0 Å². The third-order valence-electron chi connectivity index (χ3n) is 2.36. The van der Waals surface area contributed by atoms with Crippen LogP contribution in [0.25, 0.3) is 10.9 Å². The number of hydrogen-bond donors (Lipinski definition) is 0. The van der Waals surface area contributed by atoms with Crippen molar-refractivity contribution < 1.29 is 4.79 Å². The Bertz CT molecular complexity index is 506. The van der Waals surface area contributed by atoms with Gasteiger partial charge in [0, 0.05) is 36.9 Å². The van der Waals surface area contributed by atoms with Crippen LogP contribution in [-0.2, 0) is 0 Å². The molecule has 0 amide bonds. The summed E-state index contributed by atoms with van der Waals surface area (Å²) >= 11 is 0. The fraction of sp³-hybridized carbons (Fsp3) is 0.167. The summed E-state index contributed by atoms with van der Waals surface area (Å²) in [6.07, 6.45) is 2.59. The number of benzene rings is 1. The van der Waals surface area contributed by atoms with Crippen molar-refractivity contribution in [3.05, 3.63) is 36.0 Å². The molecule has 76 valence electrons. The quantitative estimate of drug-likeness (QED) is 0.696. The number of pyridine rings is 1. The minimum atomic E-state index is 0.658. The Morgan fingerprint density at radius 2 is 2.07 bits per heavy atom. The molecule has 0 aliphatic heterocycles. The number of carbonyl (C=O) groups excluding carboxylic acids is 1. The number of aromatic nitrogens is 1. The number of nitrogens with zero attached hydrogens (tertiary/aromatic N) is 2. The van der Waals surface area contributed by atoms with Gasteiger partial charge in [0.1, 0.15) is 6.29 Å². The summed E-state index contributed by atoms with van der Waals surface area (Å²) < 4.78 is 0. The number of fused-ring (bicyclic) bond motifs is 1. The van der Waals surface area contributed by atoms with E-state index >= 15 is 0 Å². The zero-order chi connectivity index (χ0) is 10.8. The van der Waals surface area contributed by atoms with Gasteiger partial charge in [-0.2, -0.15) is 0 Å². The van der Waals surface area contributed by atoms with Crippen LogP contribution in [0.15, 0.2) is 30.5 Å². The van der Waals surface area contributed by atoms with Gasteiger partial charge in [-0.1, -0.05) is 12.1 Å². The maximum Gasteiger partial charge on any atom is 0.150 e. The highest BCUT2D eigenvalue weighted by Crippen LogP contribution is 2.23. The van der Waals surface area contributed by atoms with E-state index in [1.165, 1.54) is 0 Å². The SMILES string of the molecule is CN(C)c1ccnc2cc(C=O)ccc12. The summed E-state index contributed by atoms with van der Waals surface area (Å²) in [7, 11) is 3.98. The van der Waals surface area contributed by atoms with Crippen molar-refractivity contribution in [2.24, 2.45) is 0 Å². The van der Waals surface area contributed by atoms with E-state index in [4.69, 9.17) is 0 Å². The first-order valence-corrected chi connectivity index (χ1v) is 4.73. The van der Waals surface area contributed by atoms with Crippen molar-refractivity contribution in [3.63, 3.8) is 0 Å². The lowest BCUT2D eigenvalue weighted by molar-refractivity contribution is 0.112. The molecule has 0 spiro atoms. The first-order chi connectivity index (χ1) is 7.22. The third kappa shape index (κ3) is 1.68. The second-order valence-corrected chi connectivity index (χ2v) is 3.62. The van der Waals surface area contributed by atoms with E-state index in [0.717, 1.165) is 22.9 Å². The largest absolute Gasteiger partial charge is 0.377 e. The highest BCUT2D eigenvalue weighted by molar-refractivity contribution is 5.94. The predicted octanol–water partition coefficient (Wildman–Crippen LogP) is 2.11. The summed E-state index contributed by atoms with van der Waals surface area (Å²) in [5, 5.41) is 1.06. The summed E-state index contributed by atoms with van der Waals surface area (Å²) in [6.45, 7) is 0. The third-order valence-corrected chi connectivity index (χ3v) is 2.36. The fourth-order valence-corrected chi connectivity index (χ4v) is 1.61. The monoisotopic (exact) mass is 200 g/mol. The van der Waals surface area contributed by atoms with Gasteiger partial charge in [-0.05, 0) is 12.1 Å². The Labute approximate surface area is 88.3 Å². The van der Waals surface area contributed by atoms with Gasteiger partial charge in [0.15, 0.2) is 0 Å². The number of carbonyl (C=O) groups is 1. The summed E-state index contributed by atoms with van der Waals surface area (Å²) in [4.78, 5) is 16.9. The lowest BCUT2D eigenvalue weighted by Crippen LogP contribution is -2.09.